The molecule has 6 heteroatoms. The van der Waals surface area contributed by atoms with Crippen LogP contribution >= 0.6 is 11.6 Å². The Kier molecular flexibility index (Phi) is 3.74. The van der Waals surface area contributed by atoms with Crippen molar-refractivity contribution in [3.8, 4) is 0 Å². The molecule has 0 unspecified atom stereocenters. The van der Waals surface area contributed by atoms with E-state index in [-0.39, 0.29) is 5.56 Å². The Morgan fingerprint density at radius 1 is 1.35 bits per heavy atom. The number of likely N-dealkylation sites (tertiary alicyclic amines) is 1. The van der Waals surface area contributed by atoms with Gasteiger partial charge in [0.25, 0.3) is 5.56 Å². The monoisotopic (exact) mass is 292 g/mol. The minimum atomic E-state index is -0.0961. The van der Waals surface area contributed by atoms with Gasteiger partial charge in [0.1, 0.15) is 5.65 Å². The molecule has 2 N–H and O–H groups in total. The second-order valence-corrected chi connectivity index (χ2v) is 5.71. The van der Waals surface area contributed by atoms with Crippen molar-refractivity contribution in [2.24, 2.45) is 5.73 Å². The van der Waals surface area contributed by atoms with E-state index in [2.05, 4.69) is 9.88 Å². The highest BCUT2D eigenvalue weighted by Crippen LogP contribution is 2.12. The summed E-state index contributed by atoms with van der Waals surface area (Å²) in [6.45, 7) is 2.62. The molecule has 1 aliphatic rings. The van der Waals surface area contributed by atoms with Crippen LogP contribution in [0.2, 0.25) is 5.02 Å². The van der Waals surface area contributed by atoms with E-state index < -0.39 is 0 Å². The molecule has 0 saturated carbocycles. The van der Waals surface area contributed by atoms with E-state index in [1.807, 2.05) is 0 Å². The number of nitrogens with zero attached hydrogens (tertiary/aromatic N) is 3. The van der Waals surface area contributed by atoms with Crippen molar-refractivity contribution in [2.45, 2.75) is 25.4 Å². The molecule has 3 heterocycles. The largest absolute Gasteiger partial charge is 0.328 e. The van der Waals surface area contributed by atoms with Crippen LogP contribution in [0.3, 0.4) is 0 Å². The predicted molar refractivity (Wildman–Crippen MR) is 79.0 cm³/mol. The molecule has 5 nitrogen and oxygen atoms in total. The molecule has 0 atom stereocenters. The van der Waals surface area contributed by atoms with Gasteiger partial charge in [0.2, 0.25) is 0 Å². The minimum absolute atomic E-state index is 0.0961. The second-order valence-electron chi connectivity index (χ2n) is 5.27. The van der Waals surface area contributed by atoms with Crippen molar-refractivity contribution < 1.29 is 0 Å². The molecular weight excluding hydrogens is 276 g/mol. The van der Waals surface area contributed by atoms with Gasteiger partial charge in [-0.2, -0.15) is 0 Å². The number of hydrogen-bond acceptors (Lipinski definition) is 4. The second kappa shape index (κ2) is 5.52. The van der Waals surface area contributed by atoms with E-state index in [9.17, 15) is 4.79 Å². The Hall–Kier alpha value is -1.43. The molecule has 20 heavy (non-hydrogen) atoms. The first-order valence-electron chi connectivity index (χ1n) is 6.77. The van der Waals surface area contributed by atoms with Gasteiger partial charge in [-0.1, -0.05) is 11.6 Å². The molecule has 0 amide bonds. The molecule has 1 fully saturated rings. The van der Waals surface area contributed by atoms with Crippen molar-refractivity contribution in [1.82, 2.24) is 14.3 Å². The average molecular weight is 293 g/mol. The van der Waals surface area contributed by atoms with Gasteiger partial charge in [-0.05, 0) is 25.0 Å². The van der Waals surface area contributed by atoms with Crippen LogP contribution in [0.4, 0.5) is 0 Å². The summed E-state index contributed by atoms with van der Waals surface area (Å²) in [6.07, 6.45) is 3.60. The normalized spacial score (nSPS) is 17.7. The van der Waals surface area contributed by atoms with Crippen LogP contribution in [-0.2, 0) is 6.54 Å². The number of fused-ring (bicyclic) bond motifs is 1. The Morgan fingerprint density at radius 2 is 2.10 bits per heavy atom. The Bertz CT molecular complexity index is 676. The maximum atomic E-state index is 12.1. The van der Waals surface area contributed by atoms with Crippen molar-refractivity contribution in [1.29, 1.82) is 0 Å². The Morgan fingerprint density at radius 3 is 2.85 bits per heavy atom. The van der Waals surface area contributed by atoms with Crippen LogP contribution in [0.5, 0.6) is 0 Å². The molecule has 2 aromatic heterocycles. The maximum Gasteiger partial charge on any atom is 0.258 e. The van der Waals surface area contributed by atoms with E-state index in [1.165, 1.54) is 4.40 Å². The van der Waals surface area contributed by atoms with Crippen LogP contribution in [0.1, 0.15) is 18.5 Å². The lowest BCUT2D eigenvalue weighted by Gasteiger charge is -2.29. The fraction of sp³-hybridized carbons (Fsp3) is 0.429. The van der Waals surface area contributed by atoms with Gasteiger partial charge in [0, 0.05) is 37.9 Å². The molecule has 0 aromatic carbocycles. The third-order valence-electron chi connectivity index (χ3n) is 3.69. The van der Waals surface area contributed by atoms with Gasteiger partial charge in [0.15, 0.2) is 0 Å². The van der Waals surface area contributed by atoms with Crippen molar-refractivity contribution >= 4 is 17.2 Å². The number of nitrogens with two attached hydrogens (primary N) is 1. The van der Waals surface area contributed by atoms with Gasteiger partial charge in [-0.25, -0.2) is 4.98 Å². The fourth-order valence-electron chi connectivity index (χ4n) is 2.55. The van der Waals surface area contributed by atoms with Crippen LogP contribution in [0.25, 0.3) is 5.65 Å². The maximum absolute atomic E-state index is 12.1. The van der Waals surface area contributed by atoms with Crippen molar-refractivity contribution in [3.63, 3.8) is 0 Å². The van der Waals surface area contributed by atoms with Gasteiger partial charge >= 0.3 is 0 Å². The lowest BCUT2D eigenvalue weighted by molar-refractivity contribution is 0.203. The van der Waals surface area contributed by atoms with Gasteiger partial charge in [-0.15, -0.1) is 0 Å². The van der Waals surface area contributed by atoms with Crippen molar-refractivity contribution in [3.05, 3.63) is 45.5 Å². The Labute approximate surface area is 122 Å². The number of pyridine rings is 1. The summed E-state index contributed by atoms with van der Waals surface area (Å²) < 4.78 is 1.47. The quantitative estimate of drug-likeness (QED) is 0.905. The summed E-state index contributed by atoms with van der Waals surface area (Å²) >= 11 is 5.89. The topological polar surface area (TPSA) is 63.6 Å². The molecule has 3 rings (SSSR count). The number of aromatic nitrogens is 2. The van der Waals surface area contributed by atoms with Crippen molar-refractivity contribution in [2.75, 3.05) is 13.1 Å². The first-order chi connectivity index (χ1) is 9.61. The molecule has 0 aliphatic carbocycles. The molecule has 2 aromatic rings. The first-order valence-corrected chi connectivity index (χ1v) is 7.15. The van der Waals surface area contributed by atoms with Crippen LogP contribution in [0, 0.1) is 0 Å². The lowest BCUT2D eigenvalue weighted by atomic mass is 10.1. The number of piperidine rings is 1. The van der Waals surface area contributed by atoms with Gasteiger partial charge in [0.05, 0.1) is 10.7 Å². The summed E-state index contributed by atoms with van der Waals surface area (Å²) in [6, 6.07) is 5.40. The van der Waals surface area contributed by atoms with E-state index in [0.29, 0.717) is 23.3 Å². The molecule has 106 valence electrons. The molecule has 1 aliphatic heterocycles. The standard InChI is InChI=1S/C14H17ClN4O/c15-10-1-2-13-17-12(7-14(20)19(13)8-10)9-18-5-3-11(16)4-6-18/h1-2,7-8,11H,3-6,9,16H2. The van der Waals surface area contributed by atoms with E-state index in [4.69, 9.17) is 17.3 Å². The smallest absolute Gasteiger partial charge is 0.258 e. The summed E-state index contributed by atoms with van der Waals surface area (Å²) in [5, 5.41) is 0.527. The first kappa shape index (κ1) is 13.5. The summed E-state index contributed by atoms with van der Waals surface area (Å²) in [5.41, 5.74) is 7.23. The van der Waals surface area contributed by atoms with E-state index >= 15 is 0 Å². The molecule has 1 saturated heterocycles. The summed E-state index contributed by atoms with van der Waals surface area (Å²) in [4.78, 5) is 18.9. The molecule has 0 bridgehead atoms. The number of halogens is 1. The predicted octanol–water partition coefficient (Wildman–Crippen LogP) is 1.27. The molecule has 0 radical (unpaired) electrons. The van der Waals surface area contributed by atoms with Gasteiger partial charge < -0.3 is 5.73 Å². The van der Waals surface area contributed by atoms with E-state index in [0.717, 1.165) is 31.6 Å². The number of hydrogen-bond donors (Lipinski definition) is 1. The number of rotatable bonds is 2. The summed E-state index contributed by atoms with van der Waals surface area (Å²) in [5.74, 6) is 0. The fourth-order valence-corrected chi connectivity index (χ4v) is 2.71. The zero-order valence-electron chi connectivity index (χ0n) is 11.1. The SMILES string of the molecule is NC1CCN(Cc2cc(=O)n3cc(Cl)ccc3n2)CC1. The van der Waals surface area contributed by atoms with Crippen LogP contribution in [0.15, 0.2) is 29.2 Å². The van der Waals surface area contributed by atoms with Crippen LogP contribution < -0.4 is 11.3 Å². The highest BCUT2D eigenvalue weighted by molar-refractivity contribution is 6.30. The van der Waals surface area contributed by atoms with Gasteiger partial charge in [-0.3, -0.25) is 14.1 Å². The zero-order chi connectivity index (χ0) is 14.1. The lowest BCUT2D eigenvalue weighted by Crippen LogP contribution is -2.39. The minimum Gasteiger partial charge on any atom is -0.328 e. The van der Waals surface area contributed by atoms with Crippen LogP contribution in [-0.4, -0.2) is 33.4 Å². The third-order valence-corrected chi connectivity index (χ3v) is 3.92. The van der Waals surface area contributed by atoms with E-state index in [1.54, 1.807) is 24.4 Å². The average Bonchev–Trinajstić information content (AvgIpc) is 2.42. The third kappa shape index (κ3) is 2.85. The molecular formula is C14H17ClN4O. The molecule has 0 spiro atoms. The zero-order valence-corrected chi connectivity index (χ0v) is 11.9. The summed E-state index contributed by atoms with van der Waals surface area (Å²) in [7, 11) is 0. The highest BCUT2D eigenvalue weighted by Gasteiger charge is 2.16. The highest BCUT2D eigenvalue weighted by atomic mass is 35.5. The Balaban J connectivity index is 1.85.